The molecule has 4 rings (SSSR count). The Balaban J connectivity index is 1.77. The molecule has 8 nitrogen and oxygen atoms in total. The summed E-state index contributed by atoms with van der Waals surface area (Å²) in [7, 11) is -2.75. The van der Waals surface area contributed by atoms with Crippen LogP contribution in [0, 0.1) is 0 Å². The van der Waals surface area contributed by atoms with E-state index in [1.54, 1.807) is 30.3 Å². The second-order valence-corrected chi connectivity index (χ2v) is 7.80. The van der Waals surface area contributed by atoms with Crippen LogP contribution in [0.2, 0.25) is 0 Å². The van der Waals surface area contributed by atoms with E-state index < -0.39 is 22.1 Å². The summed E-state index contributed by atoms with van der Waals surface area (Å²) in [6, 6.07) is 11.1. The summed E-state index contributed by atoms with van der Waals surface area (Å²) < 4.78 is 49.0. The fourth-order valence-corrected chi connectivity index (χ4v) is 4.49. The lowest BCUT2D eigenvalue weighted by Gasteiger charge is -2.34. The molecule has 0 fully saturated rings. The first-order valence-corrected chi connectivity index (χ1v) is 9.70. The van der Waals surface area contributed by atoms with E-state index in [9.17, 15) is 13.2 Å². The minimum atomic E-state index is -3.97. The minimum Gasteiger partial charge on any atom is -0.486 e. The van der Waals surface area contributed by atoms with Gasteiger partial charge in [0.25, 0.3) is 10.0 Å². The quantitative estimate of drug-likeness (QED) is 0.734. The first-order chi connectivity index (χ1) is 13.0. The first-order valence-electron chi connectivity index (χ1n) is 8.26. The van der Waals surface area contributed by atoms with Gasteiger partial charge in [-0.25, -0.2) is 13.2 Å². The molecular weight excluding hydrogens is 374 g/mol. The van der Waals surface area contributed by atoms with Crippen LogP contribution in [0.5, 0.6) is 17.2 Å². The highest BCUT2D eigenvalue weighted by Crippen LogP contribution is 2.39. The molecule has 0 radical (unpaired) electrons. The number of rotatable bonds is 3. The van der Waals surface area contributed by atoms with Crippen molar-refractivity contribution in [2.24, 2.45) is 0 Å². The van der Waals surface area contributed by atoms with Crippen LogP contribution in [0.3, 0.4) is 0 Å². The maximum Gasteiger partial charge on any atom is 0.348 e. The van der Waals surface area contributed by atoms with E-state index in [0.717, 1.165) is 4.31 Å². The third-order valence-electron chi connectivity index (χ3n) is 4.30. The predicted octanol–water partition coefficient (Wildman–Crippen LogP) is 1.59. The predicted molar refractivity (Wildman–Crippen MR) is 94.8 cm³/mol. The second-order valence-electron chi connectivity index (χ2n) is 5.94. The van der Waals surface area contributed by atoms with Crippen molar-refractivity contribution in [3.63, 3.8) is 0 Å². The third kappa shape index (κ3) is 3.03. The highest BCUT2D eigenvalue weighted by molar-refractivity contribution is 7.92. The topological polar surface area (TPSA) is 91.4 Å². The number of anilines is 1. The summed E-state index contributed by atoms with van der Waals surface area (Å²) >= 11 is 0. The first kappa shape index (κ1) is 17.5. The summed E-state index contributed by atoms with van der Waals surface area (Å²) in [6.07, 6.45) is -1.06. The maximum atomic E-state index is 13.3. The van der Waals surface area contributed by atoms with Crippen molar-refractivity contribution >= 4 is 21.7 Å². The lowest BCUT2D eigenvalue weighted by Crippen LogP contribution is -2.47. The van der Waals surface area contributed by atoms with Gasteiger partial charge in [0, 0.05) is 6.07 Å². The standard InChI is InChI=1S/C18H17NO7S/c1-23-18(20)17-11-19(13-4-2-3-5-14(13)26-17)27(21,22)12-6-7-15-16(10-12)25-9-8-24-15/h2-7,10,17H,8-9,11H2,1H3/t17-/m1/s1. The largest absolute Gasteiger partial charge is 0.486 e. The number of esters is 1. The number of methoxy groups -OCH3 is 1. The summed E-state index contributed by atoms with van der Waals surface area (Å²) in [6.45, 7) is 0.568. The molecule has 27 heavy (non-hydrogen) atoms. The molecule has 2 aromatic rings. The Morgan fingerprint density at radius 2 is 1.81 bits per heavy atom. The number of hydrogen-bond donors (Lipinski definition) is 0. The van der Waals surface area contributed by atoms with E-state index in [-0.39, 0.29) is 11.4 Å². The average molecular weight is 391 g/mol. The summed E-state index contributed by atoms with van der Waals surface area (Å²) in [4.78, 5) is 12.0. The average Bonchev–Trinajstić information content (AvgIpc) is 2.71. The number of fused-ring (bicyclic) bond motifs is 2. The van der Waals surface area contributed by atoms with Gasteiger partial charge in [0.15, 0.2) is 11.5 Å². The van der Waals surface area contributed by atoms with Crippen LogP contribution in [0.15, 0.2) is 47.4 Å². The van der Waals surface area contributed by atoms with E-state index >= 15 is 0 Å². The van der Waals surface area contributed by atoms with Crippen molar-refractivity contribution in [1.29, 1.82) is 0 Å². The Labute approximate surface area is 156 Å². The van der Waals surface area contributed by atoms with Crippen molar-refractivity contribution in [3.8, 4) is 17.2 Å². The Morgan fingerprint density at radius 3 is 2.59 bits per heavy atom. The molecule has 2 heterocycles. The van der Waals surface area contributed by atoms with Crippen molar-refractivity contribution in [2.75, 3.05) is 31.2 Å². The van der Waals surface area contributed by atoms with Crippen molar-refractivity contribution in [2.45, 2.75) is 11.0 Å². The number of sulfonamides is 1. The molecule has 0 saturated heterocycles. The molecule has 1 atom stereocenters. The summed E-state index contributed by atoms with van der Waals surface area (Å²) in [5.41, 5.74) is 0.354. The molecule has 9 heteroatoms. The molecule has 2 aliphatic heterocycles. The van der Waals surface area contributed by atoms with Gasteiger partial charge in [0.2, 0.25) is 6.10 Å². The highest BCUT2D eigenvalue weighted by atomic mass is 32.2. The fourth-order valence-electron chi connectivity index (χ4n) is 3.00. The number of benzene rings is 2. The van der Waals surface area contributed by atoms with Gasteiger partial charge in [-0.3, -0.25) is 4.31 Å². The second kappa shape index (κ2) is 6.66. The normalized spacial score (nSPS) is 18.3. The Kier molecular flexibility index (Phi) is 4.31. The maximum absolute atomic E-state index is 13.3. The number of carbonyl (C=O) groups is 1. The van der Waals surface area contributed by atoms with Crippen molar-refractivity contribution in [1.82, 2.24) is 0 Å². The molecule has 0 saturated carbocycles. The van der Waals surface area contributed by atoms with Crippen LogP contribution in [0.4, 0.5) is 5.69 Å². The van der Waals surface area contributed by atoms with E-state index in [1.165, 1.54) is 19.2 Å². The zero-order chi connectivity index (χ0) is 19.0. The van der Waals surface area contributed by atoms with Gasteiger partial charge in [-0.1, -0.05) is 12.1 Å². The Morgan fingerprint density at radius 1 is 1.07 bits per heavy atom. The zero-order valence-corrected chi connectivity index (χ0v) is 15.3. The fraction of sp³-hybridized carbons (Fsp3) is 0.278. The monoisotopic (exact) mass is 391 g/mol. The molecule has 142 valence electrons. The molecule has 0 N–H and O–H groups in total. The number of hydrogen-bond acceptors (Lipinski definition) is 7. The Bertz CT molecular complexity index is 989. The van der Waals surface area contributed by atoms with Gasteiger partial charge in [0.05, 0.1) is 24.2 Å². The van der Waals surface area contributed by atoms with Gasteiger partial charge in [-0.05, 0) is 24.3 Å². The minimum absolute atomic E-state index is 0.0343. The van der Waals surface area contributed by atoms with Gasteiger partial charge in [-0.2, -0.15) is 0 Å². The van der Waals surface area contributed by atoms with Gasteiger partial charge < -0.3 is 18.9 Å². The van der Waals surface area contributed by atoms with Crippen LogP contribution in [0.1, 0.15) is 0 Å². The van der Waals surface area contributed by atoms with E-state index in [0.29, 0.717) is 36.1 Å². The molecule has 0 aliphatic carbocycles. The molecule has 0 spiro atoms. The molecule has 0 bridgehead atoms. The van der Waals surface area contributed by atoms with Crippen LogP contribution in [-0.4, -0.2) is 47.4 Å². The van der Waals surface area contributed by atoms with Crippen LogP contribution in [0.25, 0.3) is 0 Å². The zero-order valence-electron chi connectivity index (χ0n) is 14.5. The van der Waals surface area contributed by atoms with Gasteiger partial charge in [-0.15, -0.1) is 0 Å². The molecule has 0 unspecified atom stereocenters. The van der Waals surface area contributed by atoms with Gasteiger partial charge in [0.1, 0.15) is 19.0 Å². The molecule has 0 aromatic heterocycles. The molecule has 2 aromatic carbocycles. The number of ether oxygens (including phenoxy) is 4. The van der Waals surface area contributed by atoms with E-state index in [4.69, 9.17) is 18.9 Å². The SMILES string of the molecule is COC(=O)[C@H]1CN(S(=O)(=O)c2ccc3c(c2)OCCO3)c2ccccc2O1. The highest BCUT2D eigenvalue weighted by Gasteiger charge is 2.38. The van der Waals surface area contributed by atoms with Crippen molar-refractivity contribution < 1.29 is 32.2 Å². The third-order valence-corrected chi connectivity index (χ3v) is 6.08. The summed E-state index contributed by atoms with van der Waals surface area (Å²) in [5, 5.41) is 0. The lowest BCUT2D eigenvalue weighted by atomic mass is 10.2. The molecular formula is C18H17NO7S. The molecule has 2 aliphatic rings. The smallest absolute Gasteiger partial charge is 0.348 e. The van der Waals surface area contributed by atoms with Gasteiger partial charge >= 0.3 is 5.97 Å². The summed E-state index contributed by atoms with van der Waals surface area (Å²) in [5.74, 6) is 0.510. The van der Waals surface area contributed by atoms with Crippen LogP contribution in [-0.2, 0) is 19.6 Å². The van der Waals surface area contributed by atoms with E-state index in [1.807, 2.05) is 0 Å². The number of nitrogens with zero attached hydrogens (tertiary/aromatic N) is 1. The molecule has 0 amide bonds. The van der Waals surface area contributed by atoms with Crippen molar-refractivity contribution in [3.05, 3.63) is 42.5 Å². The van der Waals surface area contributed by atoms with Crippen LogP contribution < -0.4 is 18.5 Å². The van der Waals surface area contributed by atoms with Crippen LogP contribution >= 0.6 is 0 Å². The Hall–Kier alpha value is -2.94. The lowest BCUT2D eigenvalue weighted by molar-refractivity contribution is -0.148. The number of carbonyl (C=O) groups excluding carboxylic acids is 1. The van der Waals surface area contributed by atoms with E-state index in [2.05, 4.69) is 0 Å². The number of para-hydroxylation sites is 2.